The molecule has 26 heavy (non-hydrogen) atoms. The fraction of sp³-hybridized carbons (Fsp3) is 0.900. The largest absolute Gasteiger partial charge is 0.392 e. The van der Waals surface area contributed by atoms with Crippen LogP contribution < -0.4 is 5.32 Å². The van der Waals surface area contributed by atoms with Crippen molar-refractivity contribution in [3.8, 4) is 0 Å². The molecule has 148 valence electrons. The molecule has 0 spiro atoms. The van der Waals surface area contributed by atoms with Gasteiger partial charge in [0.05, 0.1) is 12.1 Å². The van der Waals surface area contributed by atoms with E-state index in [1.165, 1.54) is 19.3 Å². The van der Waals surface area contributed by atoms with Crippen molar-refractivity contribution in [3.63, 3.8) is 0 Å². The Morgan fingerprint density at radius 1 is 1.04 bits per heavy atom. The van der Waals surface area contributed by atoms with E-state index in [2.05, 4.69) is 10.2 Å². The lowest BCUT2D eigenvalue weighted by molar-refractivity contribution is -0.137. The topological polar surface area (TPSA) is 72.9 Å². The Hall–Kier alpha value is -1.14. The molecule has 3 aliphatic rings. The zero-order valence-corrected chi connectivity index (χ0v) is 16.3. The predicted octanol–water partition coefficient (Wildman–Crippen LogP) is 1.52. The molecule has 2 saturated heterocycles. The van der Waals surface area contributed by atoms with Crippen molar-refractivity contribution in [2.45, 2.75) is 89.4 Å². The summed E-state index contributed by atoms with van der Waals surface area (Å²) in [5, 5.41) is 13.4. The highest BCUT2D eigenvalue weighted by Crippen LogP contribution is 2.28. The second-order valence-corrected chi connectivity index (χ2v) is 8.66. The van der Waals surface area contributed by atoms with Crippen molar-refractivity contribution >= 4 is 11.8 Å². The van der Waals surface area contributed by atoms with Gasteiger partial charge >= 0.3 is 0 Å². The normalized spacial score (nSPS) is 29.3. The maximum atomic E-state index is 12.8. The number of likely N-dealkylation sites (tertiary alicyclic amines) is 2. The van der Waals surface area contributed by atoms with Crippen LogP contribution >= 0.6 is 0 Å². The molecule has 2 amide bonds. The van der Waals surface area contributed by atoms with Crippen LogP contribution in [0.25, 0.3) is 0 Å². The summed E-state index contributed by atoms with van der Waals surface area (Å²) in [6.45, 7) is 5.97. The lowest BCUT2D eigenvalue weighted by atomic mass is 9.95. The molecule has 1 saturated carbocycles. The molecule has 3 fully saturated rings. The van der Waals surface area contributed by atoms with Gasteiger partial charge in [0.25, 0.3) is 0 Å². The molecule has 0 aromatic heterocycles. The minimum absolute atomic E-state index is 0.0363. The van der Waals surface area contributed by atoms with E-state index >= 15 is 0 Å². The standard InChI is InChI=1S/C20H35N3O3/c1-14(2)20(26)22-10-8-16(9-11-22)23-13-17(24)12-18(23)19(25)21-15-6-4-3-5-7-15/h14-18,24H,3-13H2,1-2H3,(H,21,25)/t17-,18+/m1/s1. The molecule has 0 radical (unpaired) electrons. The highest BCUT2D eigenvalue weighted by Gasteiger charge is 2.41. The summed E-state index contributed by atoms with van der Waals surface area (Å²) in [5.41, 5.74) is 0. The van der Waals surface area contributed by atoms with Gasteiger partial charge in [-0.05, 0) is 32.1 Å². The third-order valence-electron chi connectivity index (χ3n) is 6.31. The van der Waals surface area contributed by atoms with Crippen LogP contribution in [-0.4, -0.2) is 70.6 Å². The second kappa shape index (κ2) is 8.70. The summed E-state index contributed by atoms with van der Waals surface area (Å²) >= 11 is 0. The Labute approximate surface area is 157 Å². The number of carbonyl (C=O) groups is 2. The first kappa shape index (κ1) is 19.6. The fourth-order valence-electron chi connectivity index (χ4n) is 4.83. The smallest absolute Gasteiger partial charge is 0.237 e. The Balaban J connectivity index is 1.56. The van der Waals surface area contributed by atoms with E-state index in [0.29, 0.717) is 19.0 Å². The third kappa shape index (κ3) is 4.58. The zero-order chi connectivity index (χ0) is 18.7. The van der Waals surface area contributed by atoms with Crippen LogP contribution in [0, 0.1) is 5.92 Å². The number of hydrogen-bond acceptors (Lipinski definition) is 4. The Bertz CT molecular complexity index is 497. The van der Waals surface area contributed by atoms with Gasteiger partial charge in [-0.2, -0.15) is 0 Å². The van der Waals surface area contributed by atoms with Gasteiger partial charge in [0, 0.05) is 37.6 Å². The molecule has 2 N–H and O–H groups in total. The number of aliphatic hydroxyl groups is 1. The predicted molar refractivity (Wildman–Crippen MR) is 101 cm³/mol. The number of piperidine rings is 1. The Kier molecular flexibility index (Phi) is 6.56. The monoisotopic (exact) mass is 365 g/mol. The van der Waals surface area contributed by atoms with Crippen LogP contribution in [-0.2, 0) is 9.59 Å². The second-order valence-electron chi connectivity index (χ2n) is 8.66. The lowest BCUT2D eigenvalue weighted by Crippen LogP contribution is -2.53. The van der Waals surface area contributed by atoms with Crippen LogP contribution in [0.5, 0.6) is 0 Å². The van der Waals surface area contributed by atoms with Crippen LogP contribution in [0.4, 0.5) is 0 Å². The van der Waals surface area contributed by atoms with Crippen molar-refractivity contribution in [2.75, 3.05) is 19.6 Å². The number of amides is 2. The van der Waals surface area contributed by atoms with Crippen molar-refractivity contribution in [2.24, 2.45) is 5.92 Å². The number of hydrogen-bond donors (Lipinski definition) is 2. The van der Waals surface area contributed by atoms with Gasteiger partial charge < -0.3 is 15.3 Å². The molecule has 0 aromatic carbocycles. The van der Waals surface area contributed by atoms with Gasteiger partial charge in [0.15, 0.2) is 0 Å². The van der Waals surface area contributed by atoms with Gasteiger partial charge in [-0.25, -0.2) is 0 Å². The van der Waals surface area contributed by atoms with Crippen molar-refractivity contribution < 1.29 is 14.7 Å². The van der Waals surface area contributed by atoms with Gasteiger partial charge in [-0.15, -0.1) is 0 Å². The molecule has 0 unspecified atom stereocenters. The summed E-state index contributed by atoms with van der Waals surface area (Å²) in [6, 6.07) is 0.371. The first-order valence-electron chi connectivity index (χ1n) is 10.5. The van der Waals surface area contributed by atoms with Gasteiger partial charge in [0.2, 0.25) is 11.8 Å². The highest BCUT2D eigenvalue weighted by atomic mass is 16.3. The van der Waals surface area contributed by atoms with E-state index in [4.69, 9.17) is 0 Å². The van der Waals surface area contributed by atoms with Gasteiger partial charge in [0.1, 0.15) is 0 Å². The van der Waals surface area contributed by atoms with E-state index in [1.54, 1.807) is 0 Å². The minimum atomic E-state index is -0.424. The molecule has 1 aliphatic carbocycles. The zero-order valence-electron chi connectivity index (χ0n) is 16.3. The minimum Gasteiger partial charge on any atom is -0.392 e. The van der Waals surface area contributed by atoms with E-state index in [0.717, 1.165) is 38.8 Å². The first-order chi connectivity index (χ1) is 12.5. The highest BCUT2D eigenvalue weighted by molar-refractivity contribution is 5.82. The summed E-state index contributed by atoms with van der Waals surface area (Å²) in [4.78, 5) is 29.2. The lowest BCUT2D eigenvalue weighted by Gasteiger charge is -2.39. The number of β-amino-alcohol motifs (C(OH)–C–C–N with tert-alkyl or cyclic N) is 1. The van der Waals surface area contributed by atoms with E-state index in [-0.39, 0.29) is 29.8 Å². The van der Waals surface area contributed by atoms with Crippen molar-refractivity contribution in [1.29, 1.82) is 0 Å². The average molecular weight is 366 g/mol. The molecular formula is C20H35N3O3. The van der Waals surface area contributed by atoms with Crippen LogP contribution in [0.1, 0.15) is 65.2 Å². The average Bonchev–Trinajstić information content (AvgIpc) is 3.04. The summed E-state index contributed by atoms with van der Waals surface area (Å²) in [5.74, 6) is 0.347. The van der Waals surface area contributed by atoms with Gasteiger partial charge in [-0.3, -0.25) is 14.5 Å². The summed E-state index contributed by atoms with van der Waals surface area (Å²) in [7, 11) is 0. The molecule has 0 aromatic rings. The molecule has 2 heterocycles. The quantitative estimate of drug-likeness (QED) is 0.792. The van der Waals surface area contributed by atoms with E-state index in [1.807, 2.05) is 18.7 Å². The maximum Gasteiger partial charge on any atom is 0.237 e. The number of rotatable bonds is 4. The number of carbonyl (C=O) groups excluding carboxylic acids is 2. The van der Waals surface area contributed by atoms with E-state index in [9.17, 15) is 14.7 Å². The molecular weight excluding hydrogens is 330 g/mol. The van der Waals surface area contributed by atoms with Gasteiger partial charge in [-0.1, -0.05) is 33.1 Å². The molecule has 2 atom stereocenters. The molecule has 6 heteroatoms. The molecule has 6 nitrogen and oxygen atoms in total. The maximum absolute atomic E-state index is 12.8. The van der Waals surface area contributed by atoms with Crippen LogP contribution in [0.3, 0.4) is 0 Å². The number of nitrogens with one attached hydrogen (secondary N) is 1. The van der Waals surface area contributed by atoms with Crippen LogP contribution in [0.2, 0.25) is 0 Å². The first-order valence-corrected chi connectivity index (χ1v) is 10.5. The number of aliphatic hydroxyl groups excluding tert-OH is 1. The summed E-state index contributed by atoms with van der Waals surface area (Å²) < 4.78 is 0. The molecule has 0 bridgehead atoms. The SMILES string of the molecule is CC(C)C(=O)N1CCC(N2C[C@H](O)C[C@H]2C(=O)NC2CCCCC2)CC1. The Morgan fingerprint density at radius 3 is 2.31 bits per heavy atom. The van der Waals surface area contributed by atoms with Crippen molar-refractivity contribution in [1.82, 2.24) is 15.1 Å². The van der Waals surface area contributed by atoms with Crippen LogP contribution in [0.15, 0.2) is 0 Å². The summed E-state index contributed by atoms with van der Waals surface area (Å²) in [6.07, 6.45) is 7.71. The molecule has 3 rings (SSSR count). The molecule has 2 aliphatic heterocycles. The van der Waals surface area contributed by atoms with Crippen molar-refractivity contribution in [3.05, 3.63) is 0 Å². The third-order valence-corrected chi connectivity index (χ3v) is 6.31. The number of nitrogens with zero attached hydrogens (tertiary/aromatic N) is 2. The van der Waals surface area contributed by atoms with E-state index < -0.39 is 6.10 Å². The fourth-order valence-corrected chi connectivity index (χ4v) is 4.83. The Morgan fingerprint density at radius 2 is 1.69 bits per heavy atom.